The summed E-state index contributed by atoms with van der Waals surface area (Å²) in [4.78, 5) is 17.8. The monoisotopic (exact) mass is 286 g/mol. The predicted molar refractivity (Wildman–Crippen MR) is 79.4 cm³/mol. The van der Waals surface area contributed by atoms with Crippen LogP contribution < -0.4 is 5.56 Å². The largest absolute Gasteiger partial charge is 0.268 e. The molecular formula is C14H7ClN2OS. The number of benzene rings is 2. The molecule has 0 saturated carbocycles. The predicted octanol–water partition coefficient (Wildman–Crippen LogP) is 3.72. The maximum Gasteiger partial charge on any atom is 0.266 e. The molecule has 2 aromatic carbocycles. The molecule has 0 fully saturated rings. The number of aromatic nitrogens is 2. The van der Waals surface area contributed by atoms with E-state index in [1.165, 1.54) is 11.3 Å². The number of halogens is 1. The van der Waals surface area contributed by atoms with Crippen molar-refractivity contribution < 1.29 is 0 Å². The van der Waals surface area contributed by atoms with E-state index in [1.54, 1.807) is 16.5 Å². The quantitative estimate of drug-likeness (QED) is 0.494. The van der Waals surface area contributed by atoms with Crippen LogP contribution in [0.25, 0.3) is 26.1 Å². The minimum absolute atomic E-state index is 0.0332. The summed E-state index contributed by atoms with van der Waals surface area (Å²) >= 11 is 7.46. The van der Waals surface area contributed by atoms with E-state index in [0.29, 0.717) is 15.4 Å². The Morgan fingerprint density at radius 3 is 2.89 bits per heavy atom. The second-order valence-corrected chi connectivity index (χ2v) is 5.71. The van der Waals surface area contributed by atoms with Gasteiger partial charge in [-0.05, 0) is 30.3 Å². The lowest BCUT2D eigenvalue weighted by molar-refractivity contribution is 1.16. The van der Waals surface area contributed by atoms with Gasteiger partial charge in [-0.3, -0.25) is 9.20 Å². The molecule has 0 aliphatic heterocycles. The maximum atomic E-state index is 12.5. The molecule has 0 radical (unpaired) electrons. The highest BCUT2D eigenvalue weighted by Gasteiger charge is 2.11. The molecule has 2 aromatic heterocycles. The van der Waals surface area contributed by atoms with E-state index in [4.69, 9.17) is 11.6 Å². The summed E-state index contributed by atoms with van der Waals surface area (Å²) in [6, 6.07) is 12.9. The first-order chi connectivity index (χ1) is 9.24. The minimum atomic E-state index is -0.0332. The third-order valence-electron chi connectivity index (χ3n) is 3.11. The van der Waals surface area contributed by atoms with Gasteiger partial charge in [0, 0.05) is 5.02 Å². The van der Waals surface area contributed by atoms with Crippen LogP contribution in [-0.2, 0) is 0 Å². The van der Waals surface area contributed by atoms with Crippen LogP contribution in [0.5, 0.6) is 0 Å². The molecular weight excluding hydrogens is 280 g/mol. The second kappa shape index (κ2) is 3.79. The molecule has 0 spiro atoms. The van der Waals surface area contributed by atoms with Gasteiger partial charge in [0.2, 0.25) is 0 Å². The number of hydrogen-bond donors (Lipinski definition) is 0. The van der Waals surface area contributed by atoms with Crippen LogP contribution >= 0.6 is 22.9 Å². The summed E-state index contributed by atoms with van der Waals surface area (Å²) in [5, 5.41) is 1.30. The van der Waals surface area contributed by atoms with Gasteiger partial charge in [-0.1, -0.05) is 35.1 Å². The lowest BCUT2D eigenvalue weighted by Crippen LogP contribution is -2.13. The van der Waals surface area contributed by atoms with Gasteiger partial charge in [0.25, 0.3) is 5.56 Å². The Hall–Kier alpha value is -1.91. The molecule has 4 rings (SSSR count). The molecule has 0 N–H and O–H groups in total. The first-order valence-corrected chi connectivity index (χ1v) is 6.93. The SMILES string of the molecule is O=c1c2ccccc2nc2sc3cc(Cl)ccc3n12. The normalized spacial score (nSPS) is 11.6. The first-order valence-electron chi connectivity index (χ1n) is 5.73. The standard InChI is InChI=1S/C14H7ClN2OS/c15-8-5-6-11-12(7-8)19-14-16-10-4-2-1-3-9(10)13(18)17(11)14/h1-7H. The Morgan fingerprint density at radius 2 is 2.00 bits per heavy atom. The minimum Gasteiger partial charge on any atom is -0.268 e. The summed E-state index contributed by atoms with van der Waals surface area (Å²) in [7, 11) is 0. The van der Waals surface area contributed by atoms with Crippen molar-refractivity contribution in [3.8, 4) is 0 Å². The van der Waals surface area contributed by atoms with Crippen molar-refractivity contribution in [3.63, 3.8) is 0 Å². The second-order valence-electron chi connectivity index (χ2n) is 4.27. The molecule has 0 aliphatic rings. The molecule has 0 unspecified atom stereocenters. The van der Waals surface area contributed by atoms with Crippen LogP contribution in [0.4, 0.5) is 0 Å². The highest BCUT2D eigenvalue weighted by atomic mass is 35.5. The van der Waals surface area contributed by atoms with Crippen molar-refractivity contribution in [2.45, 2.75) is 0 Å². The Balaban J connectivity index is 2.33. The number of para-hydroxylation sites is 1. The molecule has 4 aromatic rings. The van der Waals surface area contributed by atoms with Gasteiger partial charge in [-0.15, -0.1) is 0 Å². The van der Waals surface area contributed by atoms with E-state index >= 15 is 0 Å². The maximum absolute atomic E-state index is 12.5. The Labute approximate surface area is 116 Å². The fraction of sp³-hybridized carbons (Fsp3) is 0. The lowest BCUT2D eigenvalue weighted by Gasteiger charge is -1.98. The smallest absolute Gasteiger partial charge is 0.266 e. The number of nitrogens with zero attached hydrogens (tertiary/aromatic N) is 2. The molecule has 92 valence electrons. The lowest BCUT2D eigenvalue weighted by atomic mass is 10.2. The molecule has 0 saturated heterocycles. The van der Waals surface area contributed by atoms with Crippen molar-refractivity contribution in [2.24, 2.45) is 0 Å². The van der Waals surface area contributed by atoms with E-state index in [0.717, 1.165) is 15.7 Å². The van der Waals surface area contributed by atoms with Crippen molar-refractivity contribution in [1.29, 1.82) is 0 Å². The van der Waals surface area contributed by atoms with E-state index < -0.39 is 0 Å². The van der Waals surface area contributed by atoms with E-state index in [-0.39, 0.29) is 5.56 Å². The first kappa shape index (κ1) is 11.0. The number of fused-ring (bicyclic) bond motifs is 4. The molecule has 3 nitrogen and oxygen atoms in total. The zero-order valence-electron chi connectivity index (χ0n) is 9.63. The highest BCUT2D eigenvalue weighted by Crippen LogP contribution is 2.27. The van der Waals surface area contributed by atoms with Gasteiger partial charge < -0.3 is 0 Å². The number of hydrogen-bond acceptors (Lipinski definition) is 3. The van der Waals surface area contributed by atoms with Gasteiger partial charge in [-0.2, -0.15) is 0 Å². The van der Waals surface area contributed by atoms with Crippen molar-refractivity contribution in [3.05, 3.63) is 57.8 Å². The van der Waals surface area contributed by atoms with Gasteiger partial charge in [0.05, 0.1) is 21.1 Å². The Morgan fingerprint density at radius 1 is 1.16 bits per heavy atom. The fourth-order valence-corrected chi connectivity index (χ4v) is 3.55. The molecule has 0 atom stereocenters. The van der Waals surface area contributed by atoms with Gasteiger partial charge in [0.1, 0.15) is 0 Å². The van der Waals surface area contributed by atoms with Crippen LogP contribution in [0.1, 0.15) is 0 Å². The van der Waals surface area contributed by atoms with Crippen LogP contribution in [0.3, 0.4) is 0 Å². The van der Waals surface area contributed by atoms with Gasteiger partial charge in [0.15, 0.2) is 4.96 Å². The Bertz CT molecular complexity index is 1000. The van der Waals surface area contributed by atoms with Crippen LogP contribution in [0.2, 0.25) is 5.02 Å². The molecule has 0 aliphatic carbocycles. The average Bonchev–Trinajstić information content (AvgIpc) is 2.76. The summed E-state index contributed by atoms with van der Waals surface area (Å²) in [6.45, 7) is 0. The van der Waals surface area contributed by atoms with Gasteiger partial charge in [-0.25, -0.2) is 4.98 Å². The van der Waals surface area contributed by atoms with Crippen molar-refractivity contribution >= 4 is 49.0 Å². The van der Waals surface area contributed by atoms with Crippen LogP contribution in [0.15, 0.2) is 47.3 Å². The summed E-state index contributed by atoms with van der Waals surface area (Å²) < 4.78 is 2.62. The average molecular weight is 287 g/mol. The van der Waals surface area contributed by atoms with Crippen molar-refractivity contribution in [1.82, 2.24) is 9.38 Å². The topological polar surface area (TPSA) is 34.4 Å². The third kappa shape index (κ3) is 1.50. The summed E-state index contributed by atoms with van der Waals surface area (Å²) in [5.74, 6) is 0. The third-order valence-corrected chi connectivity index (χ3v) is 4.35. The molecule has 5 heteroatoms. The molecule has 2 heterocycles. The van der Waals surface area contributed by atoms with Crippen molar-refractivity contribution in [2.75, 3.05) is 0 Å². The Kier molecular flexibility index (Phi) is 2.19. The summed E-state index contributed by atoms with van der Waals surface area (Å²) in [6.07, 6.45) is 0. The van der Waals surface area contributed by atoms with E-state index in [2.05, 4.69) is 4.98 Å². The number of rotatable bonds is 0. The van der Waals surface area contributed by atoms with Crippen LogP contribution in [0, 0.1) is 0 Å². The summed E-state index contributed by atoms with van der Waals surface area (Å²) in [5.41, 5.74) is 1.55. The zero-order valence-corrected chi connectivity index (χ0v) is 11.2. The fourth-order valence-electron chi connectivity index (χ4n) is 2.25. The van der Waals surface area contributed by atoms with E-state index in [9.17, 15) is 4.79 Å². The highest BCUT2D eigenvalue weighted by molar-refractivity contribution is 7.23. The molecule has 0 amide bonds. The zero-order chi connectivity index (χ0) is 13.0. The van der Waals surface area contributed by atoms with Gasteiger partial charge >= 0.3 is 0 Å². The van der Waals surface area contributed by atoms with E-state index in [1.807, 2.05) is 30.3 Å². The molecule has 19 heavy (non-hydrogen) atoms. The number of thiazole rings is 1. The van der Waals surface area contributed by atoms with Crippen LogP contribution in [-0.4, -0.2) is 9.38 Å². The molecule has 0 bridgehead atoms.